The molecule has 2 N–H and O–H groups in total. The van der Waals surface area contributed by atoms with Gasteiger partial charge >= 0.3 is 0 Å². The maximum atomic E-state index is 11.8. The number of carbonyl (C=O) groups excluding carboxylic acids is 1. The summed E-state index contributed by atoms with van der Waals surface area (Å²) in [7, 11) is 2.01. The fourth-order valence-corrected chi connectivity index (χ4v) is 3.08. The van der Waals surface area contributed by atoms with Gasteiger partial charge in [0.1, 0.15) is 0 Å². The Labute approximate surface area is 107 Å². The van der Waals surface area contributed by atoms with E-state index < -0.39 is 0 Å². The Bertz CT molecular complexity index is 342. The summed E-state index contributed by atoms with van der Waals surface area (Å²) in [5.41, 5.74) is 0. The third kappa shape index (κ3) is 3.82. The molecule has 2 rings (SSSR count). The molecule has 1 aliphatic carbocycles. The van der Waals surface area contributed by atoms with Gasteiger partial charge in [0.15, 0.2) is 0 Å². The molecule has 0 saturated heterocycles. The highest BCUT2D eigenvalue weighted by Gasteiger charge is 2.21. The SMILES string of the molecule is CNC1CCC(NC(=O)Cc2cccs2)CC1. The van der Waals surface area contributed by atoms with Crippen LogP contribution in [0.1, 0.15) is 30.6 Å². The Morgan fingerprint density at radius 3 is 2.65 bits per heavy atom. The minimum Gasteiger partial charge on any atom is -0.353 e. The number of rotatable bonds is 4. The molecule has 4 heteroatoms. The van der Waals surface area contributed by atoms with Crippen molar-refractivity contribution in [2.24, 2.45) is 0 Å². The smallest absolute Gasteiger partial charge is 0.225 e. The summed E-state index contributed by atoms with van der Waals surface area (Å²) in [6.07, 6.45) is 5.06. The molecule has 0 atom stereocenters. The van der Waals surface area contributed by atoms with Crippen molar-refractivity contribution < 1.29 is 4.79 Å². The van der Waals surface area contributed by atoms with Crippen LogP contribution in [0.5, 0.6) is 0 Å². The lowest BCUT2D eigenvalue weighted by Crippen LogP contribution is -2.41. The van der Waals surface area contributed by atoms with Gasteiger partial charge in [-0.2, -0.15) is 0 Å². The summed E-state index contributed by atoms with van der Waals surface area (Å²) in [5.74, 6) is 0.167. The van der Waals surface area contributed by atoms with E-state index >= 15 is 0 Å². The first kappa shape index (κ1) is 12.6. The van der Waals surface area contributed by atoms with Crippen LogP contribution in [-0.2, 0) is 11.2 Å². The van der Waals surface area contributed by atoms with Crippen molar-refractivity contribution in [2.75, 3.05) is 7.05 Å². The van der Waals surface area contributed by atoms with Crippen LogP contribution in [0.2, 0.25) is 0 Å². The minimum absolute atomic E-state index is 0.167. The average Bonchev–Trinajstić information content (AvgIpc) is 2.82. The normalized spacial score (nSPS) is 24.5. The van der Waals surface area contributed by atoms with Gasteiger partial charge in [-0.3, -0.25) is 4.79 Å². The van der Waals surface area contributed by atoms with Crippen LogP contribution < -0.4 is 10.6 Å². The number of amides is 1. The molecule has 0 spiro atoms. The molecule has 1 aliphatic rings. The van der Waals surface area contributed by atoms with Gasteiger partial charge in [-0.1, -0.05) is 6.07 Å². The third-order valence-electron chi connectivity index (χ3n) is 3.42. The van der Waals surface area contributed by atoms with E-state index in [4.69, 9.17) is 0 Å². The summed E-state index contributed by atoms with van der Waals surface area (Å²) < 4.78 is 0. The first-order valence-corrected chi connectivity index (χ1v) is 7.15. The van der Waals surface area contributed by atoms with E-state index in [2.05, 4.69) is 10.6 Å². The Balaban J connectivity index is 1.72. The molecule has 17 heavy (non-hydrogen) atoms. The first-order chi connectivity index (χ1) is 8.28. The molecule has 0 aliphatic heterocycles. The van der Waals surface area contributed by atoms with Crippen LogP contribution in [0.3, 0.4) is 0 Å². The predicted molar refractivity (Wildman–Crippen MR) is 71.3 cm³/mol. The number of thiophene rings is 1. The lowest BCUT2D eigenvalue weighted by molar-refractivity contribution is -0.121. The van der Waals surface area contributed by atoms with Gasteiger partial charge in [-0.05, 0) is 44.2 Å². The van der Waals surface area contributed by atoms with Gasteiger partial charge in [0.25, 0.3) is 0 Å². The minimum atomic E-state index is 0.167. The average molecular weight is 252 g/mol. The molecule has 0 aromatic carbocycles. The number of hydrogen-bond donors (Lipinski definition) is 2. The standard InChI is InChI=1S/C13H20N2OS/c1-14-10-4-6-11(7-5-10)15-13(16)9-12-3-2-8-17-12/h2-3,8,10-11,14H,4-7,9H2,1H3,(H,15,16). The first-order valence-electron chi connectivity index (χ1n) is 6.27. The Morgan fingerprint density at radius 1 is 1.35 bits per heavy atom. The van der Waals surface area contributed by atoms with Crippen LogP contribution in [0, 0.1) is 0 Å². The topological polar surface area (TPSA) is 41.1 Å². The molecule has 3 nitrogen and oxygen atoms in total. The van der Waals surface area contributed by atoms with E-state index in [1.807, 2.05) is 24.6 Å². The summed E-state index contributed by atoms with van der Waals surface area (Å²) in [6, 6.07) is 5.03. The highest BCUT2D eigenvalue weighted by Crippen LogP contribution is 2.18. The van der Waals surface area contributed by atoms with Gasteiger partial charge < -0.3 is 10.6 Å². The molecular weight excluding hydrogens is 232 g/mol. The number of carbonyl (C=O) groups is 1. The summed E-state index contributed by atoms with van der Waals surface area (Å²) in [4.78, 5) is 13.0. The quantitative estimate of drug-likeness (QED) is 0.860. The van der Waals surface area contributed by atoms with Crippen LogP contribution >= 0.6 is 11.3 Å². The Kier molecular flexibility index (Phi) is 4.57. The lowest BCUT2D eigenvalue weighted by Gasteiger charge is -2.28. The second kappa shape index (κ2) is 6.17. The maximum absolute atomic E-state index is 11.8. The Morgan fingerprint density at radius 2 is 2.06 bits per heavy atom. The van der Waals surface area contributed by atoms with E-state index in [9.17, 15) is 4.79 Å². The van der Waals surface area contributed by atoms with Crippen molar-refractivity contribution >= 4 is 17.2 Å². The van der Waals surface area contributed by atoms with E-state index in [1.165, 1.54) is 12.8 Å². The van der Waals surface area contributed by atoms with Crippen LogP contribution in [0.25, 0.3) is 0 Å². The molecule has 1 aromatic heterocycles. The second-order valence-electron chi connectivity index (χ2n) is 4.66. The van der Waals surface area contributed by atoms with Gasteiger partial charge in [0.05, 0.1) is 6.42 Å². The molecule has 0 bridgehead atoms. The van der Waals surface area contributed by atoms with E-state index in [0.29, 0.717) is 18.5 Å². The largest absolute Gasteiger partial charge is 0.353 e. The van der Waals surface area contributed by atoms with Crippen molar-refractivity contribution in [1.82, 2.24) is 10.6 Å². The zero-order valence-electron chi connectivity index (χ0n) is 10.2. The summed E-state index contributed by atoms with van der Waals surface area (Å²) in [5, 5.41) is 8.46. The second-order valence-corrected chi connectivity index (χ2v) is 5.69. The predicted octanol–water partition coefficient (Wildman–Crippen LogP) is 1.94. The summed E-state index contributed by atoms with van der Waals surface area (Å²) >= 11 is 1.65. The third-order valence-corrected chi connectivity index (χ3v) is 4.29. The zero-order valence-corrected chi connectivity index (χ0v) is 11.1. The van der Waals surface area contributed by atoms with Crippen molar-refractivity contribution in [2.45, 2.75) is 44.2 Å². The van der Waals surface area contributed by atoms with Crippen molar-refractivity contribution in [3.63, 3.8) is 0 Å². The van der Waals surface area contributed by atoms with Gasteiger partial charge in [0.2, 0.25) is 5.91 Å². The highest BCUT2D eigenvalue weighted by molar-refractivity contribution is 7.10. The molecule has 1 fully saturated rings. The summed E-state index contributed by atoms with van der Waals surface area (Å²) in [6.45, 7) is 0. The van der Waals surface area contributed by atoms with Gasteiger partial charge in [0, 0.05) is 17.0 Å². The monoisotopic (exact) mass is 252 g/mol. The van der Waals surface area contributed by atoms with E-state index in [0.717, 1.165) is 17.7 Å². The van der Waals surface area contributed by atoms with Crippen molar-refractivity contribution in [3.05, 3.63) is 22.4 Å². The molecule has 1 aromatic rings. The highest BCUT2D eigenvalue weighted by atomic mass is 32.1. The molecule has 1 heterocycles. The van der Waals surface area contributed by atoms with Gasteiger partial charge in [-0.15, -0.1) is 11.3 Å². The zero-order chi connectivity index (χ0) is 12.1. The van der Waals surface area contributed by atoms with Crippen LogP contribution in [0.4, 0.5) is 0 Å². The number of hydrogen-bond acceptors (Lipinski definition) is 3. The molecule has 94 valence electrons. The molecule has 1 saturated carbocycles. The van der Waals surface area contributed by atoms with Crippen LogP contribution in [-0.4, -0.2) is 25.0 Å². The van der Waals surface area contributed by atoms with Crippen LogP contribution in [0.15, 0.2) is 17.5 Å². The van der Waals surface area contributed by atoms with Gasteiger partial charge in [-0.25, -0.2) is 0 Å². The van der Waals surface area contributed by atoms with Crippen molar-refractivity contribution in [3.8, 4) is 0 Å². The fraction of sp³-hybridized carbons (Fsp3) is 0.615. The molecule has 0 radical (unpaired) electrons. The molecule has 1 amide bonds. The van der Waals surface area contributed by atoms with Crippen molar-refractivity contribution in [1.29, 1.82) is 0 Å². The van der Waals surface area contributed by atoms with E-state index in [1.54, 1.807) is 11.3 Å². The number of nitrogens with one attached hydrogen (secondary N) is 2. The van der Waals surface area contributed by atoms with E-state index in [-0.39, 0.29) is 5.91 Å². The Hall–Kier alpha value is -0.870. The maximum Gasteiger partial charge on any atom is 0.225 e. The fourth-order valence-electron chi connectivity index (χ4n) is 2.38. The molecule has 0 unspecified atom stereocenters. The molecular formula is C13H20N2OS. The lowest BCUT2D eigenvalue weighted by atomic mass is 9.91.